The van der Waals surface area contributed by atoms with Crippen LogP contribution in [-0.4, -0.2) is 47.5 Å². The summed E-state index contributed by atoms with van der Waals surface area (Å²) in [4.78, 5) is 0.0583. The number of hydrogen-bond donors (Lipinski definition) is 1. The van der Waals surface area contributed by atoms with Crippen molar-refractivity contribution in [3.05, 3.63) is 27.1 Å². The monoisotopic (exact) mass is 448 g/mol. The van der Waals surface area contributed by atoms with Crippen LogP contribution in [0.1, 0.15) is 0 Å². The van der Waals surface area contributed by atoms with Gasteiger partial charge in [0.15, 0.2) is 0 Å². The van der Waals surface area contributed by atoms with Crippen LogP contribution in [0.3, 0.4) is 0 Å². The van der Waals surface area contributed by atoms with Crippen molar-refractivity contribution in [2.24, 2.45) is 0 Å². The molecule has 0 saturated carbocycles. The first-order valence-corrected chi connectivity index (χ1v) is 10.1. The van der Waals surface area contributed by atoms with Gasteiger partial charge in [0.1, 0.15) is 0 Å². The van der Waals surface area contributed by atoms with Crippen LogP contribution in [0, 0.1) is 0 Å². The lowest BCUT2D eigenvalue weighted by Crippen LogP contribution is -2.34. The lowest BCUT2D eigenvalue weighted by molar-refractivity contribution is 0.519. The second kappa shape index (κ2) is 6.84. The Morgan fingerprint density at radius 3 is 2.25 bits per heavy atom. The van der Waals surface area contributed by atoms with E-state index >= 15 is 0 Å². The van der Waals surface area contributed by atoms with Crippen molar-refractivity contribution >= 4 is 51.9 Å². The van der Waals surface area contributed by atoms with Gasteiger partial charge < -0.3 is 0 Å². The van der Waals surface area contributed by atoms with E-state index in [1.165, 1.54) is 20.2 Å². The van der Waals surface area contributed by atoms with Gasteiger partial charge in [-0.1, -0.05) is 15.9 Å². The number of nitrogens with one attached hydrogen (secondary N) is 1. The largest absolute Gasteiger partial charge is 0.241 e. The van der Waals surface area contributed by atoms with Gasteiger partial charge in [0.2, 0.25) is 20.0 Å². The van der Waals surface area contributed by atoms with Gasteiger partial charge in [-0.25, -0.2) is 25.9 Å². The number of benzene rings is 1. The van der Waals surface area contributed by atoms with Gasteiger partial charge in [0.05, 0.1) is 10.6 Å². The molecule has 0 radical (unpaired) electrons. The van der Waals surface area contributed by atoms with Crippen LogP contribution in [0.25, 0.3) is 0 Å². The fraction of sp³-hybridized carbons (Fsp3) is 0.400. The molecule has 0 spiro atoms. The number of halogens is 2. The first-order valence-electron chi connectivity index (χ1n) is 5.41. The van der Waals surface area contributed by atoms with E-state index in [1.54, 1.807) is 12.1 Å². The predicted octanol–water partition coefficient (Wildman–Crippen LogP) is 1.38. The molecule has 0 saturated heterocycles. The van der Waals surface area contributed by atoms with Crippen molar-refractivity contribution in [1.82, 2.24) is 9.03 Å². The third-order valence-corrected chi connectivity index (χ3v) is 7.16. The van der Waals surface area contributed by atoms with Crippen molar-refractivity contribution in [3.8, 4) is 0 Å². The molecule has 1 aromatic carbocycles. The van der Waals surface area contributed by atoms with Gasteiger partial charge in [-0.3, -0.25) is 0 Å². The fourth-order valence-corrected chi connectivity index (χ4v) is 4.89. The quantitative estimate of drug-likeness (QED) is 0.711. The van der Waals surface area contributed by atoms with E-state index in [0.29, 0.717) is 4.47 Å². The normalized spacial score (nSPS) is 12.8. The smallest absolute Gasteiger partial charge is 0.212 e. The lowest BCUT2D eigenvalue weighted by atomic mass is 10.4. The Morgan fingerprint density at radius 2 is 1.75 bits per heavy atom. The zero-order valence-corrected chi connectivity index (χ0v) is 15.6. The van der Waals surface area contributed by atoms with Crippen LogP contribution in [0.15, 0.2) is 32.0 Å². The van der Waals surface area contributed by atoms with E-state index in [4.69, 9.17) is 0 Å². The van der Waals surface area contributed by atoms with Gasteiger partial charge in [0.25, 0.3) is 0 Å². The topological polar surface area (TPSA) is 83.6 Å². The van der Waals surface area contributed by atoms with Gasteiger partial charge in [0, 0.05) is 29.6 Å². The molecule has 0 bridgehead atoms. The molecule has 1 N–H and O–H groups in total. The summed E-state index contributed by atoms with van der Waals surface area (Å²) in [7, 11) is -4.39. The molecule has 0 unspecified atom stereocenters. The standard InChI is InChI=1S/C10H14Br2N2O4S2/c1-14(2)19(15,16)6-5-13-20(17,18)10-4-3-8(11)7-9(10)12/h3-4,7,13H,5-6H2,1-2H3. The van der Waals surface area contributed by atoms with E-state index in [0.717, 1.165) is 8.78 Å². The summed E-state index contributed by atoms with van der Waals surface area (Å²) in [5.74, 6) is -0.298. The summed E-state index contributed by atoms with van der Waals surface area (Å²) >= 11 is 6.39. The Balaban J connectivity index is 2.82. The molecule has 1 rings (SSSR count). The molecule has 0 atom stereocenters. The average Bonchev–Trinajstić information content (AvgIpc) is 2.27. The van der Waals surface area contributed by atoms with Crippen LogP contribution >= 0.6 is 31.9 Å². The Hall–Kier alpha value is -0.000000000000000111. The molecule has 0 fully saturated rings. The van der Waals surface area contributed by atoms with Gasteiger partial charge in [-0.15, -0.1) is 0 Å². The Kier molecular flexibility index (Phi) is 6.17. The zero-order chi connectivity index (χ0) is 15.6. The van der Waals surface area contributed by atoms with Gasteiger partial charge >= 0.3 is 0 Å². The highest BCUT2D eigenvalue weighted by atomic mass is 79.9. The maximum atomic E-state index is 12.1. The maximum Gasteiger partial charge on any atom is 0.241 e. The highest BCUT2D eigenvalue weighted by Gasteiger charge is 2.19. The summed E-state index contributed by atoms with van der Waals surface area (Å²) in [5, 5.41) is 0. The first kappa shape index (κ1) is 18.1. The molecule has 0 aliphatic rings. The number of sulfonamides is 2. The molecule has 6 nitrogen and oxygen atoms in total. The average molecular weight is 450 g/mol. The van der Waals surface area contributed by atoms with Crippen LogP contribution in [0.2, 0.25) is 0 Å². The molecular weight excluding hydrogens is 436 g/mol. The third-order valence-electron chi connectivity index (χ3n) is 2.39. The molecule has 1 aromatic rings. The molecule has 0 aliphatic heterocycles. The third kappa shape index (κ3) is 4.78. The molecule has 0 heterocycles. The molecule has 10 heteroatoms. The second-order valence-electron chi connectivity index (χ2n) is 4.07. The summed E-state index contributed by atoms with van der Waals surface area (Å²) in [6.07, 6.45) is 0. The lowest BCUT2D eigenvalue weighted by Gasteiger charge is -2.12. The minimum Gasteiger partial charge on any atom is -0.212 e. The zero-order valence-electron chi connectivity index (χ0n) is 10.8. The predicted molar refractivity (Wildman–Crippen MR) is 84.5 cm³/mol. The fourth-order valence-electron chi connectivity index (χ4n) is 1.26. The Labute approximate surface area is 135 Å². The molecule has 0 amide bonds. The van der Waals surface area contributed by atoms with Crippen LogP contribution in [0.5, 0.6) is 0 Å². The highest BCUT2D eigenvalue weighted by molar-refractivity contribution is 9.11. The second-order valence-corrected chi connectivity index (χ2v) is 9.88. The van der Waals surface area contributed by atoms with E-state index in [2.05, 4.69) is 36.6 Å². The molecule has 20 heavy (non-hydrogen) atoms. The van der Waals surface area contributed by atoms with Crippen LogP contribution in [0.4, 0.5) is 0 Å². The summed E-state index contributed by atoms with van der Waals surface area (Å²) in [6, 6.07) is 4.62. The molecular formula is C10H14Br2N2O4S2. The molecule has 0 aromatic heterocycles. The Morgan fingerprint density at radius 1 is 1.15 bits per heavy atom. The van der Waals surface area contributed by atoms with Crippen molar-refractivity contribution in [2.45, 2.75) is 4.90 Å². The van der Waals surface area contributed by atoms with Crippen molar-refractivity contribution < 1.29 is 16.8 Å². The number of hydrogen-bond acceptors (Lipinski definition) is 4. The van der Waals surface area contributed by atoms with E-state index in [-0.39, 0.29) is 17.2 Å². The van der Waals surface area contributed by atoms with E-state index in [1.807, 2.05) is 0 Å². The highest BCUT2D eigenvalue weighted by Crippen LogP contribution is 2.25. The van der Waals surface area contributed by atoms with E-state index in [9.17, 15) is 16.8 Å². The van der Waals surface area contributed by atoms with Gasteiger partial charge in [-0.05, 0) is 34.1 Å². The van der Waals surface area contributed by atoms with Crippen LogP contribution in [-0.2, 0) is 20.0 Å². The van der Waals surface area contributed by atoms with Crippen LogP contribution < -0.4 is 4.72 Å². The summed E-state index contributed by atoms with van der Waals surface area (Å²) < 4.78 is 51.6. The summed E-state index contributed by atoms with van der Waals surface area (Å²) in [6.45, 7) is -0.189. The van der Waals surface area contributed by atoms with Crippen molar-refractivity contribution in [3.63, 3.8) is 0 Å². The maximum absolute atomic E-state index is 12.1. The van der Waals surface area contributed by atoms with E-state index < -0.39 is 20.0 Å². The molecule has 0 aliphatic carbocycles. The Bertz CT molecular complexity index is 687. The number of nitrogens with zero attached hydrogens (tertiary/aromatic N) is 1. The number of rotatable bonds is 6. The minimum atomic E-state index is -3.76. The first-order chi connectivity index (χ1) is 9.06. The SMILES string of the molecule is CN(C)S(=O)(=O)CCNS(=O)(=O)c1ccc(Br)cc1Br. The van der Waals surface area contributed by atoms with Crippen molar-refractivity contribution in [1.29, 1.82) is 0 Å². The molecule has 114 valence electrons. The minimum absolute atomic E-state index is 0.0583. The van der Waals surface area contributed by atoms with Crippen molar-refractivity contribution in [2.75, 3.05) is 26.4 Å². The summed E-state index contributed by atoms with van der Waals surface area (Å²) in [5.41, 5.74) is 0. The van der Waals surface area contributed by atoms with Gasteiger partial charge in [-0.2, -0.15) is 0 Å².